The van der Waals surface area contributed by atoms with E-state index in [9.17, 15) is 0 Å². The molecule has 1 aromatic rings. The second-order valence-electron chi connectivity index (χ2n) is 7.47. The summed E-state index contributed by atoms with van der Waals surface area (Å²) < 4.78 is 0. The first-order valence-corrected chi connectivity index (χ1v) is 8.24. The number of aryl methyl sites for hydroxylation is 2. The first kappa shape index (κ1) is 15.6. The van der Waals surface area contributed by atoms with Crippen LogP contribution in [0.3, 0.4) is 0 Å². The van der Waals surface area contributed by atoms with Crippen molar-refractivity contribution >= 4 is 0 Å². The smallest absolute Gasteiger partial charge is 0.0136 e. The van der Waals surface area contributed by atoms with Crippen molar-refractivity contribution in [2.75, 3.05) is 0 Å². The third-order valence-corrected chi connectivity index (χ3v) is 4.94. The number of benzene rings is 1. The van der Waals surface area contributed by atoms with Crippen LogP contribution in [0.1, 0.15) is 62.6 Å². The highest BCUT2D eigenvalue weighted by Gasteiger charge is 2.39. The lowest BCUT2D eigenvalue weighted by molar-refractivity contribution is 0.181. The highest BCUT2D eigenvalue weighted by atomic mass is 14.7. The van der Waals surface area contributed by atoms with Gasteiger partial charge in [-0.2, -0.15) is 0 Å². The van der Waals surface area contributed by atoms with E-state index in [1.54, 1.807) is 0 Å². The molecule has 1 aliphatic rings. The van der Waals surface area contributed by atoms with Gasteiger partial charge in [0, 0.05) is 6.04 Å². The van der Waals surface area contributed by atoms with Crippen molar-refractivity contribution in [3.63, 3.8) is 0 Å². The Morgan fingerprint density at radius 1 is 1.05 bits per heavy atom. The summed E-state index contributed by atoms with van der Waals surface area (Å²) in [7, 11) is 0. The van der Waals surface area contributed by atoms with Gasteiger partial charge in [0.15, 0.2) is 0 Å². The minimum atomic E-state index is 0.314. The zero-order valence-corrected chi connectivity index (χ0v) is 13.7. The maximum Gasteiger partial charge on any atom is 0.0136 e. The molecule has 1 aromatic carbocycles. The molecule has 2 rings (SSSR count). The van der Waals surface area contributed by atoms with Crippen molar-refractivity contribution in [1.82, 2.24) is 0 Å². The molecule has 0 amide bonds. The number of nitrogens with two attached hydrogens (primary N) is 1. The van der Waals surface area contributed by atoms with Crippen molar-refractivity contribution in [2.24, 2.45) is 17.1 Å². The summed E-state index contributed by atoms with van der Waals surface area (Å²) in [6.45, 7) is 9.04. The lowest BCUT2D eigenvalue weighted by Gasteiger charge is -2.37. The largest absolute Gasteiger partial charge is 0.327 e. The number of hydrogen-bond donors (Lipinski definition) is 1. The molecule has 1 fully saturated rings. The van der Waals surface area contributed by atoms with Crippen molar-refractivity contribution < 1.29 is 0 Å². The van der Waals surface area contributed by atoms with Crippen LogP contribution >= 0.6 is 0 Å². The van der Waals surface area contributed by atoms with E-state index < -0.39 is 0 Å². The number of hydrogen-bond acceptors (Lipinski definition) is 1. The van der Waals surface area contributed by atoms with Crippen LogP contribution in [-0.4, -0.2) is 6.04 Å². The monoisotopic (exact) mass is 273 g/mol. The normalized spacial score (nSPS) is 19.5. The van der Waals surface area contributed by atoms with E-state index in [0.717, 1.165) is 12.3 Å². The number of rotatable bonds is 5. The van der Waals surface area contributed by atoms with E-state index in [2.05, 4.69) is 45.9 Å². The minimum Gasteiger partial charge on any atom is -0.327 e. The standard InChI is InChI=1S/C19H31N/c1-14(2)13-19(7-5-6-8-19)18(20)12-17-10-15(3)9-16(4)11-17/h9-11,14,18H,5-8,12-13,20H2,1-4H3. The SMILES string of the molecule is Cc1cc(C)cc(CC(N)C2(CC(C)C)CCCC2)c1. The molecule has 0 spiro atoms. The Kier molecular flexibility index (Phi) is 4.90. The first-order valence-electron chi connectivity index (χ1n) is 8.24. The second-order valence-corrected chi connectivity index (χ2v) is 7.47. The quantitative estimate of drug-likeness (QED) is 0.821. The molecular formula is C19H31N. The van der Waals surface area contributed by atoms with Gasteiger partial charge in [-0.1, -0.05) is 56.0 Å². The highest BCUT2D eigenvalue weighted by Crippen LogP contribution is 2.46. The summed E-state index contributed by atoms with van der Waals surface area (Å²) in [5.74, 6) is 0.749. The molecule has 0 saturated heterocycles. The molecule has 1 saturated carbocycles. The third-order valence-electron chi connectivity index (χ3n) is 4.94. The van der Waals surface area contributed by atoms with Crippen molar-refractivity contribution in [2.45, 2.75) is 72.3 Å². The van der Waals surface area contributed by atoms with Gasteiger partial charge < -0.3 is 5.73 Å². The summed E-state index contributed by atoms with van der Waals surface area (Å²) in [4.78, 5) is 0. The van der Waals surface area contributed by atoms with Crippen molar-refractivity contribution in [3.05, 3.63) is 34.9 Å². The van der Waals surface area contributed by atoms with E-state index in [0.29, 0.717) is 11.5 Å². The second kappa shape index (κ2) is 6.30. The third kappa shape index (κ3) is 3.63. The Morgan fingerprint density at radius 3 is 2.10 bits per heavy atom. The maximum atomic E-state index is 6.69. The van der Waals surface area contributed by atoms with Gasteiger partial charge in [0.1, 0.15) is 0 Å². The van der Waals surface area contributed by atoms with Crippen LogP contribution in [0, 0.1) is 25.2 Å². The summed E-state index contributed by atoms with van der Waals surface area (Å²) in [5, 5.41) is 0. The Bertz CT molecular complexity index is 421. The molecule has 0 bridgehead atoms. The predicted octanol–water partition coefficient (Wildman–Crippen LogP) is 4.78. The van der Waals surface area contributed by atoms with E-state index in [1.165, 1.54) is 48.8 Å². The molecule has 0 radical (unpaired) electrons. The average Bonchev–Trinajstić information content (AvgIpc) is 2.76. The molecule has 1 atom stereocenters. The molecule has 1 unspecified atom stereocenters. The van der Waals surface area contributed by atoms with Crippen LogP contribution < -0.4 is 5.73 Å². The first-order chi connectivity index (χ1) is 9.41. The van der Waals surface area contributed by atoms with E-state index in [-0.39, 0.29) is 0 Å². The summed E-state index contributed by atoms with van der Waals surface area (Å²) in [5.41, 5.74) is 11.2. The average molecular weight is 273 g/mol. The van der Waals surface area contributed by atoms with Crippen LogP contribution in [0.15, 0.2) is 18.2 Å². The van der Waals surface area contributed by atoms with Crippen LogP contribution in [-0.2, 0) is 6.42 Å². The van der Waals surface area contributed by atoms with E-state index in [4.69, 9.17) is 5.73 Å². The van der Waals surface area contributed by atoms with Crippen LogP contribution in [0.4, 0.5) is 0 Å². The summed E-state index contributed by atoms with van der Waals surface area (Å²) >= 11 is 0. The molecule has 1 aliphatic carbocycles. The molecule has 1 nitrogen and oxygen atoms in total. The fourth-order valence-corrected chi connectivity index (χ4v) is 4.28. The maximum absolute atomic E-state index is 6.69. The molecule has 2 N–H and O–H groups in total. The topological polar surface area (TPSA) is 26.0 Å². The van der Waals surface area contributed by atoms with Gasteiger partial charge in [-0.15, -0.1) is 0 Å². The minimum absolute atomic E-state index is 0.314. The Morgan fingerprint density at radius 2 is 1.60 bits per heavy atom. The molecule has 0 heterocycles. The predicted molar refractivity (Wildman–Crippen MR) is 88.0 cm³/mol. The summed E-state index contributed by atoms with van der Waals surface area (Å²) in [6, 6.07) is 7.18. The fourth-order valence-electron chi connectivity index (χ4n) is 4.28. The lowest BCUT2D eigenvalue weighted by atomic mass is 9.71. The van der Waals surface area contributed by atoms with Gasteiger partial charge in [0.2, 0.25) is 0 Å². The van der Waals surface area contributed by atoms with Gasteiger partial charge in [0.05, 0.1) is 0 Å². The van der Waals surface area contributed by atoms with Gasteiger partial charge in [-0.25, -0.2) is 0 Å². The fraction of sp³-hybridized carbons (Fsp3) is 0.684. The molecular weight excluding hydrogens is 242 g/mol. The zero-order valence-electron chi connectivity index (χ0n) is 13.7. The molecule has 112 valence electrons. The lowest BCUT2D eigenvalue weighted by Crippen LogP contribution is -2.42. The highest BCUT2D eigenvalue weighted by molar-refractivity contribution is 5.29. The van der Waals surface area contributed by atoms with Gasteiger partial charge >= 0.3 is 0 Å². The molecule has 0 aromatic heterocycles. The Labute approximate surface area is 125 Å². The molecule has 1 heteroatoms. The molecule has 20 heavy (non-hydrogen) atoms. The van der Waals surface area contributed by atoms with Crippen molar-refractivity contribution in [3.8, 4) is 0 Å². The van der Waals surface area contributed by atoms with E-state index >= 15 is 0 Å². The van der Waals surface area contributed by atoms with E-state index in [1.807, 2.05) is 0 Å². The van der Waals surface area contributed by atoms with Crippen molar-refractivity contribution in [1.29, 1.82) is 0 Å². The summed E-state index contributed by atoms with van der Waals surface area (Å²) in [6.07, 6.45) is 7.73. The molecule has 0 aliphatic heterocycles. The van der Waals surface area contributed by atoms with Gasteiger partial charge in [-0.3, -0.25) is 0 Å². The van der Waals surface area contributed by atoms with Gasteiger partial charge in [-0.05, 0) is 56.4 Å². The van der Waals surface area contributed by atoms with Crippen LogP contribution in [0.5, 0.6) is 0 Å². The van der Waals surface area contributed by atoms with Crippen LogP contribution in [0.2, 0.25) is 0 Å². The van der Waals surface area contributed by atoms with Gasteiger partial charge in [0.25, 0.3) is 0 Å². The van der Waals surface area contributed by atoms with Crippen LogP contribution in [0.25, 0.3) is 0 Å². The Hall–Kier alpha value is -0.820. The Balaban J connectivity index is 2.14. The zero-order chi connectivity index (χ0) is 14.8.